The maximum atomic E-state index is 13.0. The third-order valence-electron chi connectivity index (χ3n) is 5.61. The van der Waals surface area contributed by atoms with Crippen LogP contribution in [0.25, 0.3) is 28.1 Å². The van der Waals surface area contributed by atoms with Crippen LogP contribution in [0.5, 0.6) is 0 Å². The van der Waals surface area contributed by atoms with E-state index < -0.39 is 0 Å². The molecule has 32 heavy (non-hydrogen) atoms. The van der Waals surface area contributed by atoms with E-state index in [0.717, 1.165) is 27.9 Å². The third kappa shape index (κ3) is 3.43. The van der Waals surface area contributed by atoms with Gasteiger partial charge in [-0.25, -0.2) is 9.38 Å². The van der Waals surface area contributed by atoms with E-state index in [1.807, 2.05) is 62.4 Å². The van der Waals surface area contributed by atoms with E-state index in [1.54, 1.807) is 27.4 Å². The molecule has 158 valence electrons. The number of carbonyl (C=O) groups excluding carboxylic acids is 1. The number of anilines is 1. The Kier molecular flexibility index (Phi) is 4.78. The summed E-state index contributed by atoms with van der Waals surface area (Å²) in [5.74, 6) is 0.213. The quantitative estimate of drug-likeness (QED) is 0.474. The molecule has 2 aromatic carbocycles. The molecule has 7 nitrogen and oxygen atoms in total. The second-order valence-corrected chi connectivity index (χ2v) is 7.78. The first-order chi connectivity index (χ1) is 15.5. The number of imidazole rings is 1. The number of para-hydroxylation sites is 2. The van der Waals surface area contributed by atoms with Crippen molar-refractivity contribution in [1.29, 1.82) is 0 Å². The fourth-order valence-electron chi connectivity index (χ4n) is 3.85. The van der Waals surface area contributed by atoms with E-state index in [4.69, 9.17) is 4.98 Å². The van der Waals surface area contributed by atoms with Crippen molar-refractivity contribution < 1.29 is 4.79 Å². The fraction of sp³-hybridized carbons (Fsp3) is 0.120. The Balaban J connectivity index is 1.62. The van der Waals surface area contributed by atoms with E-state index in [1.165, 1.54) is 6.07 Å². The second kappa shape index (κ2) is 7.77. The molecule has 0 saturated carbocycles. The van der Waals surface area contributed by atoms with Crippen LogP contribution in [0.1, 0.15) is 11.1 Å². The van der Waals surface area contributed by atoms with Crippen LogP contribution in [0.2, 0.25) is 0 Å². The summed E-state index contributed by atoms with van der Waals surface area (Å²) in [4.78, 5) is 34.8. The van der Waals surface area contributed by atoms with Crippen LogP contribution >= 0.6 is 0 Å². The number of nitrogens with one attached hydrogen (secondary N) is 1. The Bertz CT molecular complexity index is 1530. The van der Waals surface area contributed by atoms with Crippen molar-refractivity contribution in [3.63, 3.8) is 0 Å². The van der Waals surface area contributed by atoms with E-state index >= 15 is 0 Å². The van der Waals surface area contributed by atoms with Crippen molar-refractivity contribution in [3.05, 3.63) is 94.5 Å². The molecule has 0 aliphatic rings. The van der Waals surface area contributed by atoms with Gasteiger partial charge < -0.3 is 9.88 Å². The van der Waals surface area contributed by atoms with Crippen LogP contribution in [0, 0.1) is 13.8 Å². The van der Waals surface area contributed by atoms with Gasteiger partial charge in [0.2, 0.25) is 11.7 Å². The molecule has 0 unspecified atom stereocenters. The molecular weight excluding hydrogens is 402 g/mol. The Morgan fingerprint density at radius 2 is 1.78 bits per heavy atom. The van der Waals surface area contributed by atoms with Gasteiger partial charge >= 0.3 is 0 Å². The van der Waals surface area contributed by atoms with E-state index in [2.05, 4.69) is 10.3 Å². The van der Waals surface area contributed by atoms with Gasteiger partial charge in [0, 0.05) is 29.7 Å². The topological polar surface area (TPSA) is 81.3 Å². The molecule has 5 aromatic rings. The Labute approximate surface area is 184 Å². The molecule has 3 heterocycles. The highest BCUT2D eigenvalue weighted by Crippen LogP contribution is 2.22. The Morgan fingerprint density at radius 3 is 2.53 bits per heavy atom. The summed E-state index contributed by atoms with van der Waals surface area (Å²) in [7, 11) is 0. The zero-order valence-electron chi connectivity index (χ0n) is 17.7. The SMILES string of the molecule is Cc1ccc(NC(=O)Cn2c3ccccc3n3c(=O)cc(-c4cccnc4)nc23)cc1C. The molecule has 0 aliphatic heterocycles. The van der Waals surface area contributed by atoms with Crippen LogP contribution in [0.3, 0.4) is 0 Å². The van der Waals surface area contributed by atoms with Gasteiger partial charge in [0.15, 0.2) is 0 Å². The first-order valence-corrected chi connectivity index (χ1v) is 10.3. The first kappa shape index (κ1) is 19.7. The Hall–Kier alpha value is -4.26. The summed E-state index contributed by atoms with van der Waals surface area (Å²) in [6.45, 7) is 4.06. The number of rotatable bonds is 4. The van der Waals surface area contributed by atoms with Gasteiger partial charge in [-0.2, -0.15) is 0 Å². The molecule has 7 heteroatoms. The molecule has 0 spiro atoms. The average Bonchev–Trinajstić information content (AvgIpc) is 3.11. The molecule has 3 aromatic heterocycles. The lowest BCUT2D eigenvalue weighted by atomic mass is 10.1. The lowest BCUT2D eigenvalue weighted by Crippen LogP contribution is -2.20. The summed E-state index contributed by atoms with van der Waals surface area (Å²) in [5, 5.41) is 2.95. The van der Waals surface area contributed by atoms with Crippen molar-refractivity contribution in [2.24, 2.45) is 0 Å². The summed E-state index contributed by atoms with van der Waals surface area (Å²) in [6.07, 6.45) is 3.33. The first-order valence-electron chi connectivity index (χ1n) is 10.3. The number of hydrogen-bond donors (Lipinski definition) is 1. The molecule has 0 fully saturated rings. The van der Waals surface area contributed by atoms with Crippen molar-refractivity contribution in [2.75, 3.05) is 5.32 Å². The van der Waals surface area contributed by atoms with E-state index in [-0.39, 0.29) is 18.0 Å². The van der Waals surface area contributed by atoms with Crippen LogP contribution in [0.15, 0.2) is 77.9 Å². The maximum absolute atomic E-state index is 13.0. The smallest absolute Gasteiger partial charge is 0.260 e. The average molecular weight is 423 g/mol. The number of amides is 1. The number of hydrogen-bond acceptors (Lipinski definition) is 4. The molecule has 1 amide bonds. The molecule has 5 rings (SSSR count). The minimum Gasteiger partial charge on any atom is -0.325 e. The number of aromatic nitrogens is 4. The van der Waals surface area contributed by atoms with Gasteiger partial charge in [0.1, 0.15) is 6.54 Å². The molecule has 0 saturated heterocycles. The van der Waals surface area contributed by atoms with Gasteiger partial charge in [0.05, 0.1) is 16.7 Å². The van der Waals surface area contributed by atoms with Crippen LogP contribution in [-0.4, -0.2) is 24.8 Å². The molecular formula is C25H21N5O2. The lowest BCUT2D eigenvalue weighted by Gasteiger charge is -2.10. The van der Waals surface area contributed by atoms with Crippen LogP contribution in [0.4, 0.5) is 5.69 Å². The van der Waals surface area contributed by atoms with Crippen molar-refractivity contribution >= 4 is 28.4 Å². The van der Waals surface area contributed by atoms with Crippen LogP contribution < -0.4 is 10.9 Å². The maximum Gasteiger partial charge on any atom is 0.260 e. The van der Waals surface area contributed by atoms with Crippen LogP contribution in [-0.2, 0) is 11.3 Å². The summed E-state index contributed by atoms with van der Waals surface area (Å²) in [6, 6.07) is 18.4. The van der Waals surface area contributed by atoms with Crippen molar-refractivity contribution in [1.82, 2.24) is 18.9 Å². The number of benzene rings is 2. The van der Waals surface area contributed by atoms with Crippen molar-refractivity contribution in [3.8, 4) is 11.3 Å². The van der Waals surface area contributed by atoms with E-state index in [0.29, 0.717) is 17.0 Å². The van der Waals surface area contributed by atoms with Gasteiger partial charge in [-0.1, -0.05) is 18.2 Å². The monoisotopic (exact) mass is 423 g/mol. The zero-order valence-corrected chi connectivity index (χ0v) is 17.7. The predicted molar refractivity (Wildman–Crippen MR) is 125 cm³/mol. The number of pyridine rings is 1. The predicted octanol–water partition coefficient (Wildman–Crippen LogP) is 3.97. The summed E-state index contributed by atoms with van der Waals surface area (Å²) < 4.78 is 3.31. The molecule has 1 N–H and O–H groups in total. The minimum absolute atomic E-state index is 0.0207. The third-order valence-corrected chi connectivity index (χ3v) is 5.61. The highest BCUT2D eigenvalue weighted by Gasteiger charge is 2.17. The van der Waals surface area contributed by atoms with Crippen molar-refractivity contribution in [2.45, 2.75) is 20.4 Å². The minimum atomic E-state index is -0.210. The van der Waals surface area contributed by atoms with Gasteiger partial charge in [-0.05, 0) is 61.4 Å². The zero-order chi connectivity index (χ0) is 22.2. The second-order valence-electron chi connectivity index (χ2n) is 7.78. The molecule has 0 aliphatic carbocycles. The number of carbonyl (C=O) groups is 1. The number of nitrogens with zero attached hydrogens (tertiary/aromatic N) is 4. The highest BCUT2D eigenvalue weighted by molar-refractivity contribution is 5.93. The van der Waals surface area contributed by atoms with Gasteiger partial charge in [0.25, 0.3) is 5.56 Å². The number of aryl methyl sites for hydroxylation is 2. The highest BCUT2D eigenvalue weighted by atomic mass is 16.2. The lowest BCUT2D eigenvalue weighted by molar-refractivity contribution is -0.116. The number of fused-ring (bicyclic) bond motifs is 3. The summed E-state index contributed by atoms with van der Waals surface area (Å²) in [5.41, 5.74) is 5.52. The normalized spacial score (nSPS) is 11.2. The fourth-order valence-corrected chi connectivity index (χ4v) is 3.85. The van der Waals surface area contributed by atoms with Gasteiger partial charge in [-0.15, -0.1) is 0 Å². The largest absolute Gasteiger partial charge is 0.325 e. The Morgan fingerprint density at radius 1 is 0.969 bits per heavy atom. The summed E-state index contributed by atoms with van der Waals surface area (Å²) >= 11 is 0. The molecule has 0 bridgehead atoms. The van der Waals surface area contributed by atoms with E-state index in [9.17, 15) is 9.59 Å². The standard InChI is InChI=1S/C25H21N5O2/c1-16-9-10-19(12-17(16)2)27-23(31)15-29-21-7-3-4-8-22(21)30-24(32)13-20(28-25(29)30)18-6-5-11-26-14-18/h3-14H,15H2,1-2H3,(H,27,31). The van der Waals surface area contributed by atoms with Gasteiger partial charge in [-0.3, -0.25) is 14.6 Å². The molecule has 0 radical (unpaired) electrons. The molecule has 0 atom stereocenters.